The van der Waals surface area contributed by atoms with Gasteiger partial charge in [-0.1, -0.05) is 35.3 Å². The van der Waals surface area contributed by atoms with Gasteiger partial charge in [0, 0.05) is 23.8 Å². The summed E-state index contributed by atoms with van der Waals surface area (Å²) in [5.74, 6) is 0. The van der Waals surface area contributed by atoms with E-state index in [4.69, 9.17) is 27.9 Å². The van der Waals surface area contributed by atoms with Crippen LogP contribution >= 0.6 is 23.2 Å². The number of aryl methyl sites for hydroxylation is 2. The molecule has 128 valence electrons. The number of halogens is 2. The zero-order valence-corrected chi connectivity index (χ0v) is 15.6. The van der Waals surface area contributed by atoms with Crippen molar-refractivity contribution in [3.05, 3.63) is 75.7 Å². The lowest BCUT2D eigenvalue weighted by atomic mass is 9.95. The Morgan fingerprint density at radius 1 is 1.20 bits per heavy atom. The van der Waals surface area contributed by atoms with Gasteiger partial charge in [0.2, 0.25) is 0 Å². The standard InChI is InChI=1S/C19H17Cl2N3O/c1-12-10-13(20)7-8-14(12)15(11-25-3)17-18(23-24(2)19(17)21)16-6-4-5-9-22-16/h4-11H,1-3H3/b15-11+. The predicted octanol–water partition coefficient (Wildman–Crippen LogP) is 5.13. The van der Waals surface area contributed by atoms with Crippen LogP contribution in [-0.4, -0.2) is 21.9 Å². The van der Waals surface area contributed by atoms with Crippen molar-refractivity contribution in [2.24, 2.45) is 7.05 Å². The molecule has 4 nitrogen and oxygen atoms in total. The molecular weight excluding hydrogens is 357 g/mol. The van der Waals surface area contributed by atoms with E-state index >= 15 is 0 Å². The maximum atomic E-state index is 6.58. The SMILES string of the molecule is CO/C=C(\c1ccc(Cl)cc1C)c1c(-c2ccccn2)nn(C)c1Cl. The molecule has 0 bridgehead atoms. The second-order valence-electron chi connectivity index (χ2n) is 5.58. The summed E-state index contributed by atoms with van der Waals surface area (Å²) in [5, 5.41) is 5.75. The van der Waals surface area contributed by atoms with Crippen LogP contribution in [-0.2, 0) is 11.8 Å². The van der Waals surface area contributed by atoms with Crippen molar-refractivity contribution in [3.63, 3.8) is 0 Å². The molecule has 1 aromatic carbocycles. The molecule has 0 aliphatic heterocycles. The summed E-state index contributed by atoms with van der Waals surface area (Å²) in [7, 11) is 3.41. The largest absolute Gasteiger partial charge is 0.504 e. The Kier molecular flexibility index (Phi) is 5.11. The summed E-state index contributed by atoms with van der Waals surface area (Å²) in [6, 6.07) is 11.4. The van der Waals surface area contributed by atoms with Crippen molar-refractivity contribution in [1.82, 2.24) is 14.8 Å². The molecule has 0 saturated heterocycles. The molecular formula is C19H17Cl2N3O. The second-order valence-corrected chi connectivity index (χ2v) is 6.37. The molecule has 0 saturated carbocycles. The van der Waals surface area contributed by atoms with Crippen LogP contribution in [0.4, 0.5) is 0 Å². The zero-order chi connectivity index (χ0) is 18.0. The van der Waals surface area contributed by atoms with Gasteiger partial charge in [0.05, 0.1) is 24.6 Å². The number of hydrogen-bond donors (Lipinski definition) is 0. The number of methoxy groups -OCH3 is 1. The average molecular weight is 374 g/mol. The van der Waals surface area contributed by atoms with Crippen LogP contribution < -0.4 is 0 Å². The summed E-state index contributed by atoms with van der Waals surface area (Å²) >= 11 is 12.7. The van der Waals surface area contributed by atoms with Crippen molar-refractivity contribution in [2.75, 3.05) is 7.11 Å². The monoisotopic (exact) mass is 373 g/mol. The van der Waals surface area contributed by atoms with Crippen LogP contribution in [0.15, 0.2) is 48.9 Å². The molecule has 2 aromatic heterocycles. The Morgan fingerprint density at radius 3 is 2.64 bits per heavy atom. The number of aromatic nitrogens is 3. The number of nitrogens with zero attached hydrogens (tertiary/aromatic N) is 3. The topological polar surface area (TPSA) is 39.9 Å². The first-order valence-corrected chi connectivity index (χ1v) is 8.42. The van der Waals surface area contributed by atoms with Crippen LogP contribution in [0.1, 0.15) is 16.7 Å². The molecule has 25 heavy (non-hydrogen) atoms. The molecule has 0 radical (unpaired) electrons. The van der Waals surface area contributed by atoms with Crippen molar-refractivity contribution in [3.8, 4) is 11.4 Å². The first kappa shape index (κ1) is 17.5. The Bertz CT molecular complexity index is 933. The molecule has 0 aliphatic carbocycles. The lowest BCUT2D eigenvalue weighted by Gasteiger charge is -2.12. The third-order valence-corrected chi connectivity index (χ3v) is 4.54. The highest BCUT2D eigenvalue weighted by Gasteiger charge is 2.23. The Morgan fingerprint density at radius 2 is 2.00 bits per heavy atom. The van der Waals surface area contributed by atoms with Gasteiger partial charge in [0.1, 0.15) is 10.8 Å². The summed E-state index contributed by atoms with van der Waals surface area (Å²) in [6.07, 6.45) is 3.40. The smallest absolute Gasteiger partial charge is 0.135 e. The highest BCUT2D eigenvalue weighted by Crippen LogP contribution is 2.38. The summed E-state index contributed by atoms with van der Waals surface area (Å²) in [6.45, 7) is 2.00. The molecule has 2 heterocycles. The maximum Gasteiger partial charge on any atom is 0.135 e. The van der Waals surface area contributed by atoms with Crippen molar-refractivity contribution in [2.45, 2.75) is 6.92 Å². The molecule has 3 aromatic rings. The van der Waals surface area contributed by atoms with Gasteiger partial charge in [-0.2, -0.15) is 5.10 Å². The minimum absolute atomic E-state index is 0.512. The quantitative estimate of drug-likeness (QED) is 0.594. The first-order valence-electron chi connectivity index (χ1n) is 7.66. The van der Waals surface area contributed by atoms with Gasteiger partial charge >= 0.3 is 0 Å². The van der Waals surface area contributed by atoms with Crippen LogP contribution in [0.25, 0.3) is 17.0 Å². The molecule has 0 unspecified atom stereocenters. The van der Waals surface area contributed by atoms with Gasteiger partial charge in [-0.25, -0.2) is 0 Å². The zero-order valence-electron chi connectivity index (χ0n) is 14.1. The maximum absolute atomic E-state index is 6.58. The van der Waals surface area contributed by atoms with E-state index in [2.05, 4.69) is 10.1 Å². The van der Waals surface area contributed by atoms with E-state index in [9.17, 15) is 0 Å². The summed E-state index contributed by atoms with van der Waals surface area (Å²) in [5.41, 5.74) is 5.03. The second kappa shape index (κ2) is 7.30. The Labute approximate surface area is 156 Å². The van der Waals surface area contributed by atoms with E-state index in [-0.39, 0.29) is 0 Å². The number of hydrogen-bond acceptors (Lipinski definition) is 3. The molecule has 0 atom stereocenters. The van der Waals surface area contributed by atoms with E-state index in [1.54, 1.807) is 31.3 Å². The van der Waals surface area contributed by atoms with Crippen molar-refractivity contribution >= 4 is 28.8 Å². The minimum Gasteiger partial charge on any atom is -0.504 e. The van der Waals surface area contributed by atoms with E-state index < -0.39 is 0 Å². The lowest BCUT2D eigenvalue weighted by molar-refractivity contribution is 0.340. The highest BCUT2D eigenvalue weighted by atomic mass is 35.5. The Hall–Kier alpha value is -2.30. The third-order valence-electron chi connectivity index (χ3n) is 3.87. The van der Waals surface area contributed by atoms with E-state index in [0.717, 1.165) is 28.0 Å². The summed E-state index contributed by atoms with van der Waals surface area (Å²) < 4.78 is 6.98. The normalized spacial score (nSPS) is 11.6. The Balaban J connectivity index is 2.27. The van der Waals surface area contributed by atoms with E-state index in [1.165, 1.54) is 0 Å². The first-order chi connectivity index (χ1) is 12.0. The number of ether oxygens (including phenoxy) is 1. The van der Waals surface area contributed by atoms with Crippen LogP contribution in [0, 0.1) is 6.92 Å². The fourth-order valence-corrected chi connectivity index (χ4v) is 3.18. The van der Waals surface area contributed by atoms with Gasteiger partial charge in [0.25, 0.3) is 0 Å². The fraction of sp³-hybridized carbons (Fsp3) is 0.158. The average Bonchev–Trinajstić information content (AvgIpc) is 2.89. The third kappa shape index (κ3) is 3.41. The molecule has 0 spiro atoms. The molecule has 0 amide bonds. The highest BCUT2D eigenvalue weighted by molar-refractivity contribution is 6.32. The van der Waals surface area contributed by atoms with Crippen LogP contribution in [0.2, 0.25) is 10.2 Å². The lowest BCUT2D eigenvalue weighted by Crippen LogP contribution is -1.96. The van der Waals surface area contributed by atoms with Gasteiger partial charge in [-0.15, -0.1) is 0 Å². The molecule has 0 aliphatic rings. The van der Waals surface area contributed by atoms with Gasteiger partial charge in [0.15, 0.2) is 0 Å². The molecule has 6 heteroatoms. The minimum atomic E-state index is 0.512. The fourth-order valence-electron chi connectivity index (χ4n) is 2.73. The number of benzene rings is 1. The molecule has 3 rings (SSSR count). The van der Waals surface area contributed by atoms with Gasteiger partial charge < -0.3 is 4.74 Å². The predicted molar refractivity (Wildman–Crippen MR) is 102 cm³/mol. The van der Waals surface area contributed by atoms with Gasteiger partial charge in [-0.05, 0) is 42.3 Å². The van der Waals surface area contributed by atoms with Crippen molar-refractivity contribution in [1.29, 1.82) is 0 Å². The van der Waals surface area contributed by atoms with Crippen LogP contribution in [0.3, 0.4) is 0 Å². The van der Waals surface area contributed by atoms with Crippen LogP contribution in [0.5, 0.6) is 0 Å². The van der Waals surface area contributed by atoms with Crippen molar-refractivity contribution < 1.29 is 4.74 Å². The van der Waals surface area contributed by atoms with Gasteiger partial charge in [-0.3, -0.25) is 9.67 Å². The summed E-state index contributed by atoms with van der Waals surface area (Å²) in [4.78, 5) is 4.41. The number of pyridine rings is 1. The van der Waals surface area contributed by atoms with E-state index in [1.807, 2.05) is 43.3 Å². The molecule has 0 fully saturated rings. The molecule has 0 N–H and O–H groups in total. The van der Waals surface area contributed by atoms with E-state index in [0.29, 0.717) is 15.9 Å². The number of rotatable bonds is 4.